The van der Waals surface area contributed by atoms with Crippen LogP contribution in [0.5, 0.6) is 0 Å². The van der Waals surface area contributed by atoms with E-state index in [9.17, 15) is 4.79 Å². The van der Waals surface area contributed by atoms with Crippen LogP contribution < -0.4 is 0 Å². The average molecular weight is 331 g/mol. The number of carboxylic acid groups (broad SMARTS) is 1. The lowest BCUT2D eigenvalue weighted by Crippen LogP contribution is -1.93. The summed E-state index contributed by atoms with van der Waals surface area (Å²) >= 11 is 0. The number of hydrogen-bond donors (Lipinski definition) is 1. The maximum Gasteiger partial charge on any atom is 0.303 e. The summed E-state index contributed by atoms with van der Waals surface area (Å²) in [6, 6.07) is 0. The van der Waals surface area contributed by atoms with E-state index in [1.807, 2.05) is 0 Å². The molecule has 0 atom stereocenters. The fourth-order valence-corrected chi connectivity index (χ4v) is 2.60. The molecule has 1 saturated carbocycles. The summed E-state index contributed by atoms with van der Waals surface area (Å²) in [7, 11) is 0. The third-order valence-electron chi connectivity index (χ3n) is 4.34. The van der Waals surface area contributed by atoms with Gasteiger partial charge in [-0.3, -0.25) is 4.79 Å². The van der Waals surface area contributed by atoms with E-state index < -0.39 is 5.97 Å². The molecular weight excluding hydrogens is 296 g/mol. The molecule has 24 heavy (non-hydrogen) atoms. The van der Waals surface area contributed by atoms with Crippen LogP contribution in [0.3, 0.4) is 0 Å². The van der Waals surface area contributed by atoms with Gasteiger partial charge in [-0.05, 0) is 51.4 Å². The molecule has 0 aliphatic heterocycles. The zero-order chi connectivity index (χ0) is 17.5. The standard InChI is InChI=1S/C22H34O2/c1-2-3-4-5-6-7-8-9-10-11-14-17-22(19-20-22)18-15-12-13-16-21(23)24/h6-7,9-10,14-15,17-18H,2-5,8,11-13,16,19-20H2,1H3,(H,23,24)/b7-6-,10-9-,17-14-,18-15-. The van der Waals surface area contributed by atoms with Crippen LogP contribution >= 0.6 is 0 Å². The summed E-state index contributed by atoms with van der Waals surface area (Å²) in [5.41, 5.74) is 0.274. The lowest BCUT2D eigenvalue weighted by atomic mass is 10.0. The number of carbonyl (C=O) groups is 1. The van der Waals surface area contributed by atoms with Crippen molar-refractivity contribution in [1.82, 2.24) is 0 Å². The van der Waals surface area contributed by atoms with E-state index >= 15 is 0 Å². The normalized spacial score (nSPS) is 16.9. The highest BCUT2D eigenvalue weighted by Crippen LogP contribution is 2.48. The van der Waals surface area contributed by atoms with Gasteiger partial charge in [0.15, 0.2) is 0 Å². The topological polar surface area (TPSA) is 37.3 Å². The molecule has 0 aromatic heterocycles. The Morgan fingerprint density at radius 2 is 1.50 bits per heavy atom. The number of rotatable bonds is 14. The van der Waals surface area contributed by atoms with E-state index in [1.165, 1.54) is 38.5 Å². The van der Waals surface area contributed by atoms with Crippen molar-refractivity contribution in [3.63, 3.8) is 0 Å². The number of hydrogen-bond acceptors (Lipinski definition) is 1. The maximum absolute atomic E-state index is 10.5. The van der Waals surface area contributed by atoms with Crippen molar-refractivity contribution in [2.75, 3.05) is 0 Å². The molecular formula is C22H34O2. The molecule has 0 radical (unpaired) electrons. The zero-order valence-corrected chi connectivity index (χ0v) is 15.3. The summed E-state index contributed by atoms with van der Waals surface area (Å²) in [5.74, 6) is -0.702. The number of aliphatic carboxylic acids is 1. The Morgan fingerprint density at radius 1 is 0.875 bits per heavy atom. The quantitative estimate of drug-likeness (QED) is 0.287. The second kappa shape index (κ2) is 12.8. The Bertz CT molecular complexity index is 451. The molecule has 1 rings (SSSR count). The molecule has 0 saturated heterocycles. The van der Waals surface area contributed by atoms with Gasteiger partial charge in [-0.15, -0.1) is 0 Å². The minimum Gasteiger partial charge on any atom is -0.481 e. The lowest BCUT2D eigenvalue weighted by molar-refractivity contribution is -0.137. The van der Waals surface area contributed by atoms with Crippen LogP contribution in [0.25, 0.3) is 0 Å². The first kappa shape index (κ1) is 20.5. The molecule has 1 fully saturated rings. The van der Waals surface area contributed by atoms with Crippen molar-refractivity contribution < 1.29 is 9.90 Å². The second-order valence-corrected chi connectivity index (χ2v) is 6.73. The maximum atomic E-state index is 10.5. The predicted molar refractivity (Wildman–Crippen MR) is 103 cm³/mol. The molecule has 0 aromatic carbocycles. The van der Waals surface area contributed by atoms with Crippen molar-refractivity contribution in [1.29, 1.82) is 0 Å². The molecule has 1 aliphatic carbocycles. The van der Waals surface area contributed by atoms with Crippen LogP contribution in [0.1, 0.15) is 77.6 Å². The first-order valence-electron chi connectivity index (χ1n) is 9.56. The Kier molecular flexibility index (Phi) is 10.9. The van der Waals surface area contributed by atoms with Crippen LogP contribution in [-0.4, -0.2) is 11.1 Å². The third-order valence-corrected chi connectivity index (χ3v) is 4.34. The van der Waals surface area contributed by atoms with Gasteiger partial charge in [0.05, 0.1) is 0 Å². The van der Waals surface area contributed by atoms with Crippen LogP contribution in [0, 0.1) is 5.41 Å². The van der Waals surface area contributed by atoms with Gasteiger partial charge in [0.1, 0.15) is 0 Å². The monoisotopic (exact) mass is 330 g/mol. The largest absolute Gasteiger partial charge is 0.481 e. The van der Waals surface area contributed by atoms with E-state index in [0.29, 0.717) is 0 Å². The highest BCUT2D eigenvalue weighted by atomic mass is 16.4. The van der Waals surface area contributed by atoms with Gasteiger partial charge in [0, 0.05) is 11.8 Å². The lowest BCUT2D eigenvalue weighted by Gasteiger charge is -2.01. The molecule has 0 bridgehead atoms. The molecule has 0 unspecified atom stereocenters. The third kappa shape index (κ3) is 11.0. The summed E-state index contributed by atoms with van der Waals surface area (Å²) in [5, 5.41) is 8.61. The van der Waals surface area contributed by atoms with Gasteiger partial charge in [0.2, 0.25) is 0 Å². The van der Waals surface area contributed by atoms with Gasteiger partial charge in [-0.25, -0.2) is 0 Å². The summed E-state index contributed by atoms with van der Waals surface area (Å²) in [6.45, 7) is 2.24. The van der Waals surface area contributed by atoms with Gasteiger partial charge in [0.25, 0.3) is 0 Å². The average Bonchev–Trinajstić information content (AvgIpc) is 3.32. The smallest absolute Gasteiger partial charge is 0.303 e. The Hall–Kier alpha value is -1.57. The van der Waals surface area contributed by atoms with E-state index in [4.69, 9.17) is 5.11 Å². The molecule has 0 amide bonds. The number of carboxylic acids is 1. The fraction of sp³-hybridized carbons (Fsp3) is 0.591. The van der Waals surface area contributed by atoms with Crippen LogP contribution in [0.2, 0.25) is 0 Å². The van der Waals surface area contributed by atoms with E-state index in [2.05, 4.69) is 55.5 Å². The van der Waals surface area contributed by atoms with Crippen molar-refractivity contribution in [2.24, 2.45) is 5.41 Å². The van der Waals surface area contributed by atoms with Crippen LogP contribution in [0.15, 0.2) is 48.6 Å². The summed E-state index contributed by atoms with van der Waals surface area (Å²) in [4.78, 5) is 10.5. The van der Waals surface area contributed by atoms with Crippen LogP contribution in [0.4, 0.5) is 0 Å². The van der Waals surface area contributed by atoms with Crippen molar-refractivity contribution >= 4 is 5.97 Å². The van der Waals surface area contributed by atoms with Crippen molar-refractivity contribution in [3.8, 4) is 0 Å². The highest BCUT2D eigenvalue weighted by Gasteiger charge is 2.36. The number of unbranched alkanes of at least 4 members (excludes halogenated alkanes) is 4. The first-order chi connectivity index (χ1) is 11.7. The van der Waals surface area contributed by atoms with Gasteiger partial charge < -0.3 is 5.11 Å². The molecule has 0 spiro atoms. The minimum absolute atomic E-state index is 0.269. The SMILES string of the molecule is CCCCC/C=C\C/C=C\C/C=C\C1(/C=C\CCCC(=O)O)CC1. The van der Waals surface area contributed by atoms with Crippen LogP contribution in [-0.2, 0) is 4.79 Å². The molecule has 0 heterocycles. The van der Waals surface area contributed by atoms with Crippen molar-refractivity contribution in [2.45, 2.75) is 77.6 Å². The molecule has 1 aliphatic rings. The summed E-state index contributed by atoms with van der Waals surface area (Å²) < 4.78 is 0. The first-order valence-corrected chi connectivity index (χ1v) is 9.56. The van der Waals surface area contributed by atoms with Gasteiger partial charge in [-0.1, -0.05) is 68.4 Å². The molecule has 1 N–H and O–H groups in total. The van der Waals surface area contributed by atoms with E-state index in [0.717, 1.165) is 25.7 Å². The molecule has 2 nitrogen and oxygen atoms in total. The Labute approximate surface area is 148 Å². The van der Waals surface area contributed by atoms with Gasteiger partial charge >= 0.3 is 5.97 Å². The predicted octanol–water partition coefficient (Wildman–Crippen LogP) is 6.61. The Morgan fingerprint density at radius 3 is 2.17 bits per heavy atom. The van der Waals surface area contributed by atoms with Gasteiger partial charge in [-0.2, -0.15) is 0 Å². The minimum atomic E-state index is -0.702. The molecule has 0 aromatic rings. The summed E-state index contributed by atoms with van der Waals surface area (Å²) in [6.07, 6.45) is 29.5. The van der Waals surface area contributed by atoms with E-state index in [-0.39, 0.29) is 11.8 Å². The Balaban J connectivity index is 2.10. The second-order valence-electron chi connectivity index (χ2n) is 6.73. The molecule has 2 heteroatoms. The molecule has 134 valence electrons. The fourth-order valence-electron chi connectivity index (χ4n) is 2.60. The van der Waals surface area contributed by atoms with E-state index in [1.54, 1.807) is 0 Å². The van der Waals surface area contributed by atoms with Crippen molar-refractivity contribution in [3.05, 3.63) is 48.6 Å². The number of allylic oxidation sites excluding steroid dienone is 8. The zero-order valence-electron chi connectivity index (χ0n) is 15.3. The highest BCUT2D eigenvalue weighted by molar-refractivity contribution is 5.66.